The molecule has 1 amide bonds. The monoisotopic (exact) mass is 329 g/mol. The van der Waals surface area contributed by atoms with Gasteiger partial charge in [0.25, 0.3) is 5.91 Å². The third kappa shape index (κ3) is 3.13. The summed E-state index contributed by atoms with van der Waals surface area (Å²) >= 11 is 1.45. The lowest BCUT2D eigenvalue weighted by Gasteiger charge is -2.21. The Kier molecular flexibility index (Phi) is 4.45. The number of fused-ring (bicyclic) bond motifs is 1. The SMILES string of the molecule is Cc1nn(C)c2sc(C(=O)N(CCO)Cc3ccccc3)cc12. The lowest BCUT2D eigenvalue weighted by atomic mass is 10.2. The molecule has 5 nitrogen and oxygen atoms in total. The van der Waals surface area contributed by atoms with E-state index in [1.165, 1.54) is 11.3 Å². The lowest BCUT2D eigenvalue weighted by molar-refractivity contribution is 0.0713. The van der Waals surface area contributed by atoms with Gasteiger partial charge in [-0.05, 0) is 18.6 Å². The van der Waals surface area contributed by atoms with Crippen LogP contribution in [0.4, 0.5) is 0 Å². The Balaban J connectivity index is 1.88. The van der Waals surface area contributed by atoms with Gasteiger partial charge in [-0.3, -0.25) is 9.48 Å². The number of hydrogen-bond acceptors (Lipinski definition) is 4. The Morgan fingerprint density at radius 1 is 1.35 bits per heavy atom. The van der Waals surface area contributed by atoms with E-state index in [4.69, 9.17) is 0 Å². The second-order valence-corrected chi connectivity index (χ2v) is 6.51. The van der Waals surface area contributed by atoms with E-state index in [1.54, 1.807) is 9.58 Å². The Morgan fingerprint density at radius 2 is 2.09 bits per heavy atom. The van der Waals surface area contributed by atoms with Crippen molar-refractivity contribution in [3.05, 3.63) is 52.5 Å². The number of aromatic nitrogens is 2. The smallest absolute Gasteiger partial charge is 0.264 e. The average Bonchev–Trinajstić information content (AvgIpc) is 3.09. The van der Waals surface area contributed by atoms with Crippen LogP contribution in [0.25, 0.3) is 10.2 Å². The predicted molar refractivity (Wildman–Crippen MR) is 91.6 cm³/mol. The highest BCUT2D eigenvalue weighted by molar-refractivity contribution is 7.20. The van der Waals surface area contributed by atoms with Crippen LogP contribution in [0.3, 0.4) is 0 Å². The normalized spacial score (nSPS) is 11.1. The fraction of sp³-hybridized carbons (Fsp3) is 0.294. The average molecular weight is 329 g/mol. The molecule has 0 bridgehead atoms. The molecule has 2 aromatic heterocycles. The Bertz CT molecular complexity index is 789. The standard InChI is InChI=1S/C17H19N3O2S/c1-12-14-10-15(23-17(14)19(2)18-12)16(22)20(8-9-21)11-13-6-4-3-5-7-13/h3-7,10,21H,8-9,11H2,1-2H3. The maximum atomic E-state index is 12.8. The topological polar surface area (TPSA) is 58.4 Å². The summed E-state index contributed by atoms with van der Waals surface area (Å²) in [4.78, 5) is 16.2. The Hall–Kier alpha value is -2.18. The zero-order valence-corrected chi connectivity index (χ0v) is 14.0. The van der Waals surface area contributed by atoms with E-state index < -0.39 is 0 Å². The van der Waals surface area contributed by atoms with Crippen LogP contribution in [0, 0.1) is 6.92 Å². The molecule has 0 aliphatic rings. The van der Waals surface area contributed by atoms with Crippen LogP contribution in [0.5, 0.6) is 0 Å². The first-order chi connectivity index (χ1) is 11.1. The van der Waals surface area contributed by atoms with E-state index in [-0.39, 0.29) is 12.5 Å². The number of carbonyl (C=O) groups is 1. The third-order valence-corrected chi connectivity index (χ3v) is 4.97. The third-order valence-electron chi connectivity index (χ3n) is 3.78. The molecule has 0 aliphatic carbocycles. The van der Waals surface area contributed by atoms with Gasteiger partial charge in [0, 0.05) is 25.5 Å². The second-order valence-electron chi connectivity index (χ2n) is 5.47. The minimum atomic E-state index is -0.0523. The van der Waals surface area contributed by atoms with Gasteiger partial charge >= 0.3 is 0 Å². The maximum absolute atomic E-state index is 12.8. The Labute approximate surface area is 138 Å². The molecule has 0 saturated heterocycles. The van der Waals surface area contributed by atoms with Gasteiger partial charge in [-0.1, -0.05) is 30.3 Å². The fourth-order valence-electron chi connectivity index (χ4n) is 2.64. The van der Waals surface area contributed by atoms with E-state index in [2.05, 4.69) is 5.10 Å². The summed E-state index contributed by atoms with van der Waals surface area (Å²) in [5.74, 6) is -0.0523. The summed E-state index contributed by atoms with van der Waals surface area (Å²) in [5, 5.41) is 14.7. The van der Waals surface area contributed by atoms with Crippen molar-refractivity contribution >= 4 is 27.5 Å². The van der Waals surface area contributed by atoms with Crippen molar-refractivity contribution < 1.29 is 9.90 Å². The highest BCUT2D eigenvalue weighted by Crippen LogP contribution is 2.28. The summed E-state index contributed by atoms with van der Waals surface area (Å²) < 4.78 is 1.81. The number of aryl methyl sites for hydroxylation is 2. The molecule has 0 fully saturated rings. The van der Waals surface area contributed by atoms with E-state index in [1.807, 2.05) is 50.4 Å². The number of amides is 1. The molecule has 3 rings (SSSR count). The van der Waals surface area contributed by atoms with E-state index >= 15 is 0 Å². The van der Waals surface area contributed by atoms with Gasteiger partial charge < -0.3 is 10.0 Å². The highest BCUT2D eigenvalue weighted by atomic mass is 32.1. The molecule has 0 atom stereocenters. The van der Waals surface area contributed by atoms with Crippen LogP contribution in [-0.4, -0.2) is 38.8 Å². The van der Waals surface area contributed by atoms with Gasteiger partial charge in [-0.15, -0.1) is 11.3 Å². The van der Waals surface area contributed by atoms with Crippen LogP contribution in [-0.2, 0) is 13.6 Å². The van der Waals surface area contributed by atoms with E-state index in [0.29, 0.717) is 18.0 Å². The van der Waals surface area contributed by atoms with Crippen LogP contribution in [0.2, 0.25) is 0 Å². The molecule has 6 heteroatoms. The van der Waals surface area contributed by atoms with Crippen molar-refractivity contribution in [2.45, 2.75) is 13.5 Å². The van der Waals surface area contributed by atoms with Crippen LogP contribution in [0.1, 0.15) is 20.9 Å². The first-order valence-corrected chi connectivity index (χ1v) is 8.29. The van der Waals surface area contributed by atoms with Gasteiger partial charge in [-0.25, -0.2) is 0 Å². The number of aliphatic hydroxyl groups is 1. The van der Waals surface area contributed by atoms with Gasteiger partial charge in [0.2, 0.25) is 0 Å². The molecule has 1 aromatic carbocycles. The number of carbonyl (C=O) groups excluding carboxylic acids is 1. The highest BCUT2D eigenvalue weighted by Gasteiger charge is 2.20. The molecule has 3 aromatic rings. The van der Waals surface area contributed by atoms with Gasteiger partial charge in [0.15, 0.2) is 0 Å². The van der Waals surface area contributed by atoms with Crippen LogP contribution < -0.4 is 0 Å². The molecule has 0 unspecified atom stereocenters. The largest absolute Gasteiger partial charge is 0.395 e. The number of nitrogens with zero attached hydrogens (tertiary/aromatic N) is 3. The molecule has 0 aliphatic heterocycles. The molecular weight excluding hydrogens is 310 g/mol. The maximum Gasteiger partial charge on any atom is 0.264 e. The zero-order valence-electron chi connectivity index (χ0n) is 13.2. The summed E-state index contributed by atoms with van der Waals surface area (Å²) in [5.41, 5.74) is 1.97. The van der Waals surface area contributed by atoms with Crippen molar-refractivity contribution in [3.8, 4) is 0 Å². The molecule has 0 radical (unpaired) electrons. The second kappa shape index (κ2) is 6.52. The van der Waals surface area contributed by atoms with Crippen molar-refractivity contribution in [1.29, 1.82) is 0 Å². The van der Waals surface area contributed by atoms with Crippen molar-refractivity contribution in [3.63, 3.8) is 0 Å². The number of hydrogen-bond donors (Lipinski definition) is 1. The zero-order chi connectivity index (χ0) is 16.4. The summed E-state index contributed by atoms with van der Waals surface area (Å²) in [6.45, 7) is 2.70. The minimum Gasteiger partial charge on any atom is -0.395 e. The van der Waals surface area contributed by atoms with Crippen molar-refractivity contribution in [2.24, 2.45) is 7.05 Å². The molecule has 120 valence electrons. The van der Waals surface area contributed by atoms with Crippen LogP contribution in [0.15, 0.2) is 36.4 Å². The molecular formula is C17H19N3O2S. The molecule has 2 heterocycles. The summed E-state index contributed by atoms with van der Waals surface area (Å²) in [7, 11) is 1.88. The molecule has 23 heavy (non-hydrogen) atoms. The Morgan fingerprint density at radius 3 is 2.74 bits per heavy atom. The minimum absolute atomic E-state index is 0.0515. The molecule has 0 spiro atoms. The van der Waals surface area contributed by atoms with Crippen molar-refractivity contribution in [1.82, 2.24) is 14.7 Å². The number of aliphatic hydroxyl groups excluding tert-OH is 1. The first-order valence-electron chi connectivity index (χ1n) is 7.47. The van der Waals surface area contributed by atoms with Gasteiger partial charge in [-0.2, -0.15) is 5.10 Å². The summed E-state index contributed by atoms with van der Waals surface area (Å²) in [6, 6.07) is 11.7. The lowest BCUT2D eigenvalue weighted by Crippen LogP contribution is -2.32. The van der Waals surface area contributed by atoms with Crippen molar-refractivity contribution in [2.75, 3.05) is 13.2 Å². The first kappa shape index (κ1) is 15.7. The predicted octanol–water partition coefficient (Wildman–Crippen LogP) is 2.58. The van der Waals surface area contributed by atoms with Crippen LogP contribution >= 0.6 is 11.3 Å². The number of benzene rings is 1. The van der Waals surface area contributed by atoms with Gasteiger partial charge in [0.05, 0.1) is 17.2 Å². The van der Waals surface area contributed by atoms with Gasteiger partial charge in [0.1, 0.15) is 4.83 Å². The molecule has 0 saturated carbocycles. The fourth-order valence-corrected chi connectivity index (χ4v) is 3.73. The summed E-state index contributed by atoms with van der Waals surface area (Å²) in [6.07, 6.45) is 0. The van der Waals surface area contributed by atoms with E-state index in [9.17, 15) is 9.90 Å². The quantitative estimate of drug-likeness (QED) is 0.783. The number of rotatable bonds is 5. The molecule has 1 N–H and O–H groups in total. The van der Waals surface area contributed by atoms with E-state index in [0.717, 1.165) is 21.5 Å². The number of thiophene rings is 1.